The van der Waals surface area contributed by atoms with Gasteiger partial charge in [0.1, 0.15) is 5.76 Å². The van der Waals surface area contributed by atoms with E-state index in [4.69, 9.17) is 9.15 Å². The molecule has 18 heavy (non-hydrogen) atoms. The number of piperidine rings is 1. The van der Waals surface area contributed by atoms with E-state index in [-0.39, 0.29) is 11.7 Å². The van der Waals surface area contributed by atoms with E-state index in [0.29, 0.717) is 5.75 Å². The number of amides is 1. The predicted molar refractivity (Wildman–Crippen MR) is 67.8 cm³/mol. The van der Waals surface area contributed by atoms with Crippen LogP contribution in [0.15, 0.2) is 10.5 Å². The molecule has 1 aromatic rings. The van der Waals surface area contributed by atoms with Crippen molar-refractivity contribution in [3.8, 4) is 5.75 Å². The molecular formula is C13H20N2O3. The van der Waals surface area contributed by atoms with Crippen LogP contribution in [0.4, 0.5) is 0 Å². The summed E-state index contributed by atoms with van der Waals surface area (Å²) in [6.07, 6.45) is 3.78. The summed E-state index contributed by atoms with van der Waals surface area (Å²) in [5, 5.41) is 2.55. The van der Waals surface area contributed by atoms with Crippen molar-refractivity contribution in [1.82, 2.24) is 10.2 Å². The Labute approximate surface area is 107 Å². The van der Waals surface area contributed by atoms with Gasteiger partial charge >= 0.3 is 0 Å². The first-order valence-electron chi connectivity index (χ1n) is 6.35. The van der Waals surface area contributed by atoms with Crippen LogP contribution in [0.5, 0.6) is 5.75 Å². The second-order valence-corrected chi connectivity index (χ2v) is 4.53. The fourth-order valence-electron chi connectivity index (χ4n) is 2.26. The summed E-state index contributed by atoms with van der Waals surface area (Å²) < 4.78 is 10.7. The summed E-state index contributed by atoms with van der Waals surface area (Å²) >= 11 is 0. The highest BCUT2D eigenvalue weighted by molar-refractivity contribution is 5.94. The highest BCUT2D eigenvalue weighted by atomic mass is 16.5. The smallest absolute Gasteiger partial charge is 0.290 e. The van der Waals surface area contributed by atoms with Crippen LogP contribution in [0.2, 0.25) is 0 Å². The Morgan fingerprint density at radius 1 is 1.44 bits per heavy atom. The Kier molecular flexibility index (Phi) is 4.25. The first kappa shape index (κ1) is 13.0. The van der Waals surface area contributed by atoms with Crippen LogP contribution in [-0.2, 0) is 6.54 Å². The molecule has 2 heterocycles. The SMILES string of the molecule is CNC(=O)c1oc(CN2CCCCC2)cc1OC. The molecule has 0 radical (unpaired) electrons. The quantitative estimate of drug-likeness (QED) is 0.885. The highest BCUT2D eigenvalue weighted by Crippen LogP contribution is 2.25. The van der Waals surface area contributed by atoms with Crippen molar-refractivity contribution in [1.29, 1.82) is 0 Å². The van der Waals surface area contributed by atoms with Gasteiger partial charge in [-0.3, -0.25) is 9.69 Å². The number of furan rings is 1. The van der Waals surface area contributed by atoms with Crippen molar-refractivity contribution in [3.05, 3.63) is 17.6 Å². The molecule has 100 valence electrons. The lowest BCUT2D eigenvalue weighted by Gasteiger charge is -2.25. The Hall–Kier alpha value is -1.49. The van der Waals surface area contributed by atoms with Gasteiger partial charge in [-0.25, -0.2) is 0 Å². The van der Waals surface area contributed by atoms with Crippen molar-refractivity contribution in [2.75, 3.05) is 27.2 Å². The molecule has 5 nitrogen and oxygen atoms in total. The second-order valence-electron chi connectivity index (χ2n) is 4.53. The Balaban J connectivity index is 2.08. The lowest BCUT2D eigenvalue weighted by Crippen LogP contribution is -2.28. The summed E-state index contributed by atoms with van der Waals surface area (Å²) in [5.74, 6) is 1.29. The molecular weight excluding hydrogens is 232 g/mol. The number of hydrogen-bond acceptors (Lipinski definition) is 4. The van der Waals surface area contributed by atoms with Gasteiger partial charge in [-0.05, 0) is 25.9 Å². The molecule has 1 aliphatic heterocycles. The Morgan fingerprint density at radius 2 is 2.17 bits per heavy atom. The topological polar surface area (TPSA) is 54.7 Å². The number of ether oxygens (including phenoxy) is 1. The second kappa shape index (κ2) is 5.91. The van der Waals surface area contributed by atoms with E-state index in [1.807, 2.05) is 0 Å². The maximum Gasteiger partial charge on any atom is 0.290 e. The van der Waals surface area contributed by atoms with Gasteiger partial charge in [0.25, 0.3) is 5.91 Å². The molecule has 0 saturated carbocycles. The van der Waals surface area contributed by atoms with E-state index in [0.717, 1.165) is 25.4 Å². The average Bonchev–Trinajstić information content (AvgIpc) is 2.82. The number of likely N-dealkylation sites (tertiary alicyclic amines) is 1. The number of rotatable bonds is 4. The van der Waals surface area contributed by atoms with Crippen molar-refractivity contribution in [3.63, 3.8) is 0 Å². The standard InChI is InChI=1S/C13H20N2O3/c1-14-13(16)12-11(17-2)8-10(18-12)9-15-6-4-3-5-7-15/h8H,3-7,9H2,1-2H3,(H,14,16). The zero-order chi connectivity index (χ0) is 13.0. The molecule has 0 bridgehead atoms. The van der Waals surface area contributed by atoms with E-state index >= 15 is 0 Å². The van der Waals surface area contributed by atoms with Crippen LogP contribution in [0.3, 0.4) is 0 Å². The van der Waals surface area contributed by atoms with E-state index in [1.54, 1.807) is 20.2 Å². The predicted octanol–water partition coefficient (Wildman–Crippen LogP) is 1.63. The molecule has 0 atom stereocenters. The fourth-order valence-corrected chi connectivity index (χ4v) is 2.26. The van der Waals surface area contributed by atoms with Crippen LogP contribution in [-0.4, -0.2) is 38.1 Å². The van der Waals surface area contributed by atoms with Gasteiger partial charge in [0, 0.05) is 13.1 Å². The van der Waals surface area contributed by atoms with Gasteiger partial charge in [-0.1, -0.05) is 6.42 Å². The van der Waals surface area contributed by atoms with E-state index < -0.39 is 0 Å². The number of carbonyl (C=O) groups is 1. The molecule has 0 aromatic carbocycles. The summed E-state index contributed by atoms with van der Waals surface area (Å²) in [4.78, 5) is 13.9. The summed E-state index contributed by atoms with van der Waals surface area (Å²) in [6, 6.07) is 1.80. The molecule has 0 spiro atoms. The largest absolute Gasteiger partial charge is 0.492 e. The summed E-state index contributed by atoms with van der Waals surface area (Å²) in [6.45, 7) is 2.93. The Bertz CT molecular complexity index is 408. The zero-order valence-corrected chi connectivity index (χ0v) is 11.0. The van der Waals surface area contributed by atoms with E-state index in [1.165, 1.54) is 19.3 Å². The highest BCUT2D eigenvalue weighted by Gasteiger charge is 2.20. The van der Waals surface area contributed by atoms with Crippen molar-refractivity contribution in [2.24, 2.45) is 0 Å². The van der Waals surface area contributed by atoms with Gasteiger partial charge < -0.3 is 14.5 Å². The Morgan fingerprint density at radius 3 is 2.78 bits per heavy atom. The van der Waals surface area contributed by atoms with Gasteiger partial charge in [0.15, 0.2) is 5.75 Å². The molecule has 2 rings (SSSR count). The first-order valence-corrected chi connectivity index (χ1v) is 6.35. The first-order chi connectivity index (χ1) is 8.74. The molecule has 5 heteroatoms. The zero-order valence-electron chi connectivity index (χ0n) is 11.0. The third kappa shape index (κ3) is 2.85. The number of nitrogens with zero attached hydrogens (tertiary/aromatic N) is 1. The van der Waals surface area contributed by atoms with Crippen LogP contribution >= 0.6 is 0 Å². The number of methoxy groups -OCH3 is 1. The normalized spacial score (nSPS) is 16.6. The minimum absolute atomic E-state index is 0.253. The number of hydrogen-bond donors (Lipinski definition) is 1. The average molecular weight is 252 g/mol. The number of nitrogens with one attached hydrogen (secondary N) is 1. The molecule has 0 unspecified atom stereocenters. The molecule has 1 N–H and O–H groups in total. The maximum atomic E-state index is 11.6. The third-order valence-corrected chi connectivity index (χ3v) is 3.23. The van der Waals surface area contributed by atoms with Crippen LogP contribution in [0.1, 0.15) is 35.6 Å². The minimum Gasteiger partial charge on any atom is -0.492 e. The molecule has 1 amide bonds. The monoisotopic (exact) mass is 252 g/mol. The molecule has 1 aromatic heterocycles. The lowest BCUT2D eigenvalue weighted by atomic mass is 10.1. The van der Waals surface area contributed by atoms with Crippen molar-refractivity contribution >= 4 is 5.91 Å². The van der Waals surface area contributed by atoms with Crippen LogP contribution < -0.4 is 10.1 Å². The lowest BCUT2D eigenvalue weighted by molar-refractivity contribution is 0.0926. The van der Waals surface area contributed by atoms with Gasteiger partial charge in [-0.15, -0.1) is 0 Å². The van der Waals surface area contributed by atoms with Gasteiger partial charge in [0.2, 0.25) is 5.76 Å². The maximum absolute atomic E-state index is 11.6. The molecule has 0 aliphatic carbocycles. The van der Waals surface area contributed by atoms with Gasteiger partial charge in [-0.2, -0.15) is 0 Å². The van der Waals surface area contributed by atoms with Crippen LogP contribution in [0, 0.1) is 0 Å². The van der Waals surface area contributed by atoms with E-state index in [2.05, 4.69) is 10.2 Å². The van der Waals surface area contributed by atoms with Crippen molar-refractivity contribution < 1.29 is 13.9 Å². The van der Waals surface area contributed by atoms with Crippen LogP contribution in [0.25, 0.3) is 0 Å². The van der Waals surface area contributed by atoms with Gasteiger partial charge in [0.05, 0.1) is 13.7 Å². The van der Waals surface area contributed by atoms with E-state index in [9.17, 15) is 4.79 Å². The fraction of sp³-hybridized carbons (Fsp3) is 0.615. The van der Waals surface area contributed by atoms with Crippen molar-refractivity contribution in [2.45, 2.75) is 25.8 Å². The third-order valence-electron chi connectivity index (χ3n) is 3.23. The number of carbonyl (C=O) groups excluding carboxylic acids is 1. The molecule has 1 aliphatic rings. The summed E-state index contributed by atoms with van der Waals surface area (Å²) in [7, 11) is 3.12. The minimum atomic E-state index is -0.253. The molecule has 1 saturated heterocycles. The molecule has 1 fully saturated rings. The summed E-state index contributed by atoms with van der Waals surface area (Å²) in [5.41, 5.74) is 0.